The van der Waals surface area contributed by atoms with Crippen molar-refractivity contribution < 1.29 is 8.78 Å². The molecular weight excluding hydrogens is 222 g/mol. The van der Waals surface area contributed by atoms with Gasteiger partial charge in [-0.15, -0.1) is 0 Å². The Morgan fingerprint density at radius 1 is 1.06 bits per heavy atom. The van der Waals surface area contributed by atoms with E-state index in [2.05, 4.69) is 9.97 Å². The fourth-order valence-electron chi connectivity index (χ4n) is 1.60. The van der Waals surface area contributed by atoms with Gasteiger partial charge in [0, 0.05) is 23.9 Å². The predicted octanol–water partition coefficient (Wildman–Crippen LogP) is 3.51. The number of aromatic nitrogens is 2. The van der Waals surface area contributed by atoms with Crippen LogP contribution in [0.25, 0.3) is 11.1 Å². The van der Waals surface area contributed by atoms with Crippen LogP contribution in [-0.2, 0) is 0 Å². The van der Waals surface area contributed by atoms with Crippen molar-refractivity contribution >= 4 is 0 Å². The minimum Gasteiger partial charge on any atom is -0.244 e. The van der Waals surface area contributed by atoms with Crippen molar-refractivity contribution in [1.29, 1.82) is 0 Å². The fourth-order valence-corrected chi connectivity index (χ4v) is 1.60. The van der Waals surface area contributed by atoms with E-state index in [1.54, 1.807) is 30.6 Å². The van der Waals surface area contributed by atoms with Crippen LogP contribution in [0, 0.1) is 0 Å². The van der Waals surface area contributed by atoms with Crippen molar-refractivity contribution in [2.75, 3.05) is 0 Å². The molecule has 2 rings (SSSR count). The third-order valence-corrected chi connectivity index (χ3v) is 2.68. The highest BCUT2D eigenvalue weighted by atomic mass is 19.3. The first-order valence-electron chi connectivity index (χ1n) is 5.32. The molecule has 0 saturated carbocycles. The molecule has 0 N–H and O–H groups in total. The quantitative estimate of drug-likeness (QED) is 0.812. The van der Waals surface area contributed by atoms with E-state index in [1.165, 1.54) is 13.3 Å². The smallest absolute Gasteiger partial charge is 0.244 e. The molecule has 0 bridgehead atoms. The van der Waals surface area contributed by atoms with E-state index in [0.29, 0.717) is 5.56 Å². The van der Waals surface area contributed by atoms with Crippen molar-refractivity contribution in [1.82, 2.24) is 9.97 Å². The Balaban J connectivity index is 2.35. The minimum absolute atomic E-state index is 0.626. The summed E-state index contributed by atoms with van der Waals surface area (Å²) in [5, 5.41) is 0. The van der Waals surface area contributed by atoms with Crippen LogP contribution in [0.4, 0.5) is 8.78 Å². The summed E-state index contributed by atoms with van der Waals surface area (Å²) in [5.41, 5.74) is 2.31. The van der Waals surface area contributed by atoms with Gasteiger partial charge in [0.05, 0.1) is 0 Å². The lowest BCUT2D eigenvalue weighted by atomic mass is 9.97. The average Bonchev–Trinajstić information content (AvgIpc) is 2.39. The number of alkyl halides is 2. The van der Waals surface area contributed by atoms with Crippen molar-refractivity contribution in [2.24, 2.45) is 0 Å². The van der Waals surface area contributed by atoms with Crippen molar-refractivity contribution in [3.8, 4) is 11.1 Å². The molecule has 0 saturated heterocycles. The zero-order valence-electron chi connectivity index (χ0n) is 9.35. The van der Waals surface area contributed by atoms with E-state index in [1.807, 2.05) is 6.07 Å². The number of hydrogen-bond donors (Lipinski definition) is 0. The first-order valence-corrected chi connectivity index (χ1v) is 5.32. The van der Waals surface area contributed by atoms with Crippen LogP contribution in [0.1, 0.15) is 18.4 Å². The van der Waals surface area contributed by atoms with Gasteiger partial charge in [-0.25, -0.2) is 18.7 Å². The lowest BCUT2D eigenvalue weighted by molar-refractivity contribution is 0.121. The van der Waals surface area contributed by atoms with E-state index in [0.717, 1.165) is 11.1 Å². The molecule has 1 unspecified atom stereocenters. The summed E-state index contributed by atoms with van der Waals surface area (Å²) < 4.78 is 25.2. The molecule has 2 aromatic rings. The largest absolute Gasteiger partial charge is 0.245 e. The van der Waals surface area contributed by atoms with E-state index in [4.69, 9.17) is 0 Å². The number of nitrogens with zero attached hydrogens (tertiary/aromatic N) is 2. The van der Waals surface area contributed by atoms with E-state index < -0.39 is 12.3 Å². The summed E-state index contributed by atoms with van der Waals surface area (Å²) >= 11 is 0. The molecule has 0 aliphatic carbocycles. The van der Waals surface area contributed by atoms with Crippen molar-refractivity contribution in [3.05, 3.63) is 48.5 Å². The van der Waals surface area contributed by atoms with Gasteiger partial charge in [-0.2, -0.15) is 0 Å². The van der Waals surface area contributed by atoms with Crippen LogP contribution in [0.3, 0.4) is 0 Å². The molecule has 0 amide bonds. The van der Waals surface area contributed by atoms with Crippen molar-refractivity contribution in [3.63, 3.8) is 0 Å². The zero-order chi connectivity index (χ0) is 12.3. The second kappa shape index (κ2) is 4.99. The van der Waals surface area contributed by atoms with Crippen LogP contribution in [-0.4, -0.2) is 16.4 Å². The van der Waals surface area contributed by atoms with Gasteiger partial charge in [0.2, 0.25) is 6.43 Å². The van der Waals surface area contributed by atoms with Crippen LogP contribution in [0.15, 0.2) is 43.0 Å². The van der Waals surface area contributed by atoms with Crippen LogP contribution >= 0.6 is 0 Å². The second-order valence-electron chi connectivity index (χ2n) is 3.88. The van der Waals surface area contributed by atoms with Crippen LogP contribution in [0.5, 0.6) is 0 Å². The standard InChI is InChI=1S/C13H12F2N2/c1-9(13(14)15)10-3-2-4-11(5-10)12-6-16-8-17-7-12/h2-9,13H,1H3. The van der Waals surface area contributed by atoms with Crippen LogP contribution < -0.4 is 0 Å². The first-order chi connectivity index (χ1) is 8.18. The molecule has 0 fully saturated rings. The van der Waals surface area contributed by atoms with Crippen LogP contribution in [0.2, 0.25) is 0 Å². The number of benzene rings is 1. The Kier molecular flexibility index (Phi) is 3.42. The van der Waals surface area contributed by atoms with Gasteiger partial charge in [0.1, 0.15) is 6.33 Å². The molecule has 0 spiro atoms. The Morgan fingerprint density at radius 3 is 2.41 bits per heavy atom. The molecule has 17 heavy (non-hydrogen) atoms. The topological polar surface area (TPSA) is 25.8 Å². The van der Waals surface area contributed by atoms with E-state index in [9.17, 15) is 8.78 Å². The Morgan fingerprint density at radius 2 is 1.76 bits per heavy atom. The lowest BCUT2D eigenvalue weighted by Gasteiger charge is -2.11. The van der Waals surface area contributed by atoms with Gasteiger partial charge < -0.3 is 0 Å². The van der Waals surface area contributed by atoms with Gasteiger partial charge >= 0.3 is 0 Å². The number of halogens is 2. The molecule has 1 atom stereocenters. The summed E-state index contributed by atoms with van der Waals surface area (Å²) in [4.78, 5) is 7.82. The van der Waals surface area contributed by atoms with Gasteiger partial charge in [-0.1, -0.05) is 31.2 Å². The van der Waals surface area contributed by atoms with Crippen molar-refractivity contribution in [2.45, 2.75) is 19.3 Å². The Hall–Kier alpha value is -1.84. The maximum absolute atomic E-state index is 12.6. The maximum atomic E-state index is 12.6. The molecule has 0 aliphatic rings. The maximum Gasteiger partial charge on any atom is 0.245 e. The highest BCUT2D eigenvalue weighted by molar-refractivity contribution is 5.62. The van der Waals surface area contributed by atoms with E-state index in [-0.39, 0.29) is 0 Å². The van der Waals surface area contributed by atoms with Gasteiger partial charge in [0.25, 0.3) is 0 Å². The van der Waals surface area contributed by atoms with Gasteiger partial charge in [-0.3, -0.25) is 0 Å². The summed E-state index contributed by atoms with van der Waals surface area (Å²) in [6.07, 6.45) is 2.42. The lowest BCUT2D eigenvalue weighted by Crippen LogP contribution is -2.04. The SMILES string of the molecule is CC(c1cccc(-c2cncnc2)c1)C(F)F. The molecule has 0 radical (unpaired) electrons. The molecule has 1 aromatic heterocycles. The molecule has 4 heteroatoms. The predicted molar refractivity (Wildman–Crippen MR) is 61.9 cm³/mol. The molecule has 0 aliphatic heterocycles. The van der Waals surface area contributed by atoms with E-state index >= 15 is 0 Å². The molecule has 1 heterocycles. The summed E-state index contributed by atoms with van der Waals surface area (Å²) in [6.45, 7) is 1.52. The van der Waals surface area contributed by atoms with Gasteiger partial charge in [0.15, 0.2) is 0 Å². The first kappa shape index (κ1) is 11.6. The third kappa shape index (κ3) is 2.64. The summed E-state index contributed by atoms with van der Waals surface area (Å²) in [6, 6.07) is 7.11. The van der Waals surface area contributed by atoms with Gasteiger partial charge in [-0.05, 0) is 11.1 Å². The third-order valence-electron chi connectivity index (χ3n) is 2.68. The summed E-state index contributed by atoms with van der Waals surface area (Å²) in [7, 11) is 0. The Labute approximate surface area is 98.4 Å². The minimum atomic E-state index is -2.35. The average molecular weight is 234 g/mol. The molecule has 2 nitrogen and oxygen atoms in total. The summed E-state index contributed by atoms with van der Waals surface area (Å²) in [5.74, 6) is -0.764. The number of rotatable bonds is 3. The molecule has 1 aromatic carbocycles. The highest BCUT2D eigenvalue weighted by Gasteiger charge is 2.17. The molecular formula is C13H12F2N2. The number of hydrogen-bond acceptors (Lipinski definition) is 2. The normalized spacial score (nSPS) is 12.7. The second-order valence-corrected chi connectivity index (χ2v) is 3.88. The molecule has 88 valence electrons. The monoisotopic (exact) mass is 234 g/mol. The zero-order valence-corrected chi connectivity index (χ0v) is 9.35. The fraction of sp³-hybridized carbons (Fsp3) is 0.231. The highest BCUT2D eigenvalue weighted by Crippen LogP contribution is 2.26. The Bertz CT molecular complexity index is 486.